The molecule has 4 nitrogen and oxygen atoms in total. The van der Waals surface area contributed by atoms with Crippen molar-refractivity contribution in [3.8, 4) is 5.75 Å². The Morgan fingerprint density at radius 2 is 1.95 bits per heavy atom. The molecule has 0 aliphatic rings. The number of pyridine rings is 1. The molecule has 1 rings (SSSR count). The van der Waals surface area contributed by atoms with Crippen molar-refractivity contribution in [1.82, 2.24) is 9.71 Å². The summed E-state index contributed by atoms with van der Waals surface area (Å²) in [6.45, 7) is 7.61. The number of halogens is 3. The molecule has 2 atom stereocenters. The van der Waals surface area contributed by atoms with Crippen LogP contribution < -0.4 is 9.46 Å². The molecule has 0 bridgehead atoms. The van der Waals surface area contributed by atoms with Crippen LogP contribution in [-0.4, -0.2) is 27.1 Å². The molecule has 8 heteroatoms. The van der Waals surface area contributed by atoms with Crippen molar-refractivity contribution in [1.29, 1.82) is 0 Å². The van der Waals surface area contributed by atoms with Gasteiger partial charge in [0.1, 0.15) is 10.5 Å². The molecule has 2 unspecified atom stereocenters. The van der Waals surface area contributed by atoms with Crippen LogP contribution in [-0.2, 0) is 11.4 Å². The quantitative estimate of drug-likeness (QED) is 0.836. The van der Waals surface area contributed by atoms with Crippen molar-refractivity contribution in [2.45, 2.75) is 51.6 Å². The number of hydrogen-bond acceptors (Lipinski definition) is 4. The highest BCUT2D eigenvalue weighted by Gasteiger charge is 2.30. The normalized spacial score (nSPS) is 15.5. The highest BCUT2D eigenvalue weighted by Crippen LogP contribution is 2.24. The number of nitrogens with one attached hydrogen (secondary N) is 1. The van der Waals surface area contributed by atoms with Crippen LogP contribution in [0, 0.1) is 6.92 Å². The van der Waals surface area contributed by atoms with E-state index < -0.39 is 28.9 Å². The van der Waals surface area contributed by atoms with Gasteiger partial charge in [-0.3, -0.25) is 4.98 Å². The summed E-state index contributed by atoms with van der Waals surface area (Å²) in [4.78, 5) is 4.09. The first kappa shape index (κ1) is 19.1. The minimum absolute atomic E-state index is 0.0882. The van der Waals surface area contributed by atoms with Gasteiger partial charge in [-0.1, -0.05) is 0 Å². The minimum atomic E-state index is -4.39. The molecule has 0 saturated heterocycles. The van der Waals surface area contributed by atoms with E-state index in [0.29, 0.717) is 11.3 Å². The summed E-state index contributed by atoms with van der Waals surface area (Å²) in [6, 6.07) is 1.33. The summed E-state index contributed by atoms with van der Waals surface area (Å²) in [6.07, 6.45) is -3.13. The van der Waals surface area contributed by atoms with Gasteiger partial charge in [-0.25, -0.2) is 0 Å². The van der Waals surface area contributed by atoms with E-state index in [1.54, 1.807) is 19.9 Å². The van der Waals surface area contributed by atoms with Crippen LogP contribution in [0.5, 0.6) is 5.75 Å². The topological polar surface area (TPSA) is 57.2 Å². The molecule has 0 spiro atoms. The average Bonchev–Trinajstić information content (AvgIpc) is 2.34. The van der Waals surface area contributed by atoms with Crippen LogP contribution in [0.1, 0.15) is 45.0 Å². The number of ether oxygens (including phenoxy) is 1. The highest BCUT2D eigenvalue weighted by atomic mass is 32.2. The molecule has 1 aromatic rings. The fourth-order valence-electron chi connectivity index (χ4n) is 1.51. The van der Waals surface area contributed by atoms with Crippen LogP contribution in [0.3, 0.4) is 0 Å². The average molecular weight is 338 g/mol. The van der Waals surface area contributed by atoms with Gasteiger partial charge >= 0.3 is 6.18 Å². The Labute approximate surface area is 131 Å². The summed E-state index contributed by atoms with van der Waals surface area (Å²) in [5.41, 5.74) is 1.14. The maximum absolute atomic E-state index is 12.1. The van der Waals surface area contributed by atoms with Gasteiger partial charge in [0.15, 0.2) is 6.61 Å². The SMILES string of the molecule is Cc1cc(C(C)N[S+]([O-])C(C)(C)C)ncc1OCC(F)(F)F. The van der Waals surface area contributed by atoms with E-state index in [1.165, 1.54) is 6.20 Å². The van der Waals surface area contributed by atoms with Crippen LogP contribution in [0.15, 0.2) is 12.3 Å². The summed E-state index contributed by atoms with van der Waals surface area (Å²) in [7, 11) is 0. The lowest BCUT2D eigenvalue weighted by Crippen LogP contribution is -2.40. The van der Waals surface area contributed by atoms with E-state index in [-0.39, 0.29) is 11.8 Å². The first-order valence-electron chi connectivity index (χ1n) is 6.74. The molecule has 1 heterocycles. The predicted molar refractivity (Wildman–Crippen MR) is 80.0 cm³/mol. The van der Waals surface area contributed by atoms with E-state index in [9.17, 15) is 17.7 Å². The zero-order valence-electron chi connectivity index (χ0n) is 13.2. The molecule has 0 radical (unpaired) electrons. The number of aryl methyl sites for hydroxylation is 1. The summed E-state index contributed by atoms with van der Waals surface area (Å²) in [5, 5.41) is 0. The number of nitrogens with zero attached hydrogens (tertiary/aromatic N) is 1. The Morgan fingerprint density at radius 1 is 1.36 bits per heavy atom. The first-order valence-corrected chi connectivity index (χ1v) is 7.89. The number of rotatable bonds is 5. The van der Waals surface area contributed by atoms with Gasteiger partial charge in [-0.15, -0.1) is 4.72 Å². The maximum atomic E-state index is 12.1. The van der Waals surface area contributed by atoms with Gasteiger partial charge in [-0.05, 0) is 46.2 Å². The molecule has 0 fully saturated rings. The third kappa shape index (κ3) is 6.02. The molecule has 0 aliphatic carbocycles. The van der Waals surface area contributed by atoms with Crippen LogP contribution in [0.2, 0.25) is 0 Å². The summed E-state index contributed by atoms with van der Waals surface area (Å²) >= 11 is -1.27. The Hall–Kier alpha value is -0.990. The van der Waals surface area contributed by atoms with Gasteiger partial charge < -0.3 is 9.29 Å². The Morgan fingerprint density at radius 3 is 2.41 bits per heavy atom. The minimum Gasteiger partial charge on any atom is -0.598 e. The second-order valence-electron chi connectivity index (χ2n) is 6.00. The van der Waals surface area contributed by atoms with E-state index >= 15 is 0 Å². The van der Waals surface area contributed by atoms with Crippen molar-refractivity contribution in [2.24, 2.45) is 0 Å². The van der Waals surface area contributed by atoms with Crippen LogP contribution in [0.4, 0.5) is 13.2 Å². The second-order valence-corrected chi connectivity index (χ2v) is 8.00. The zero-order valence-corrected chi connectivity index (χ0v) is 14.1. The molecule has 0 amide bonds. The number of hydrogen-bond donors (Lipinski definition) is 1. The van der Waals surface area contributed by atoms with Crippen molar-refractivity contribution >= 4 is 11.4 Å². The maximum Gasteiger partial charge on any atom is 0.422 e. The molecule has 0 aromatic carbocycles. The van der Waals surface area contributed by atoms with Gasteiger partial charge in [0.05, 0.1) is 17.9 Å². The molecular formula is C14H21F3N2O2S. The molecule has 0 saturated carbocycles. The third-order valence-electron chi connectivity index (χ3n) is 2.76. The van der Waals surface area contributed by atoms with Gasteiger partial charge in [0, 0.05) is 11.4 Å². The smallest absolute Gasteiger partial charge is 0.422 e. The Bertz CT molecular complexity index is 504. The zero-order chi connectivity index (χ0) is 17.1. The highest BCUT2D eigenvalue weighted by molar-refractivity contribution is 7.90. The molecule has 22 heavy (non-hydrogen) atoms. The number of alkyl halides is 3. The fraction of sp³-hybridized carbons (Fsp3) is 0.643. The van der Waals surface area contributed by atoms with Gasteiger partial charge in [0.2, 0.25) is 0 Å². The predicted octanol–water partition coefficient (Wildman–Crippen LogP) is 3.44. The van der Waals surface area contributed by atoms with E-state index in [0.717, 1.165) is 0 Å². The van der Waals surface area contributed by atoms with E-state index in [1.807, 2.05) is 20.8 Å². The molecule has 126 valence electrons. The first-order chi connectivity index (χ1) is 9.90. The van der Waals surface area contributed by atoms with Gasteiger partial charge in [0.25, 0.3) is 0 Å². The van der Waals surface area contributed by atoms with Crippen molar-refractivity contribution in [3.63, 3.8) is 0 Å². The fourth-order valence-corrected chi connectivity index (χ4v) is 2.31. The lowest BCUT2D eigenvalue weighted by Gasteiger charge is -2.26. The Kier molecular flexibility index (Phi) is 6.11. The number of aromatic nitrogens is 1. The molecular weight excluding hydrogens is 317 g/mol. The summed E-state index contributed by atoms with van der Waals surface area (Å²) in [5.74, 6) is 0.0882. The standard InChI is InChI=1S/C14H21F3N2O2S/c1-9-6-11(10(2)19-22(20)13(3,4)5)18-7-12(9)21-8-14(15,16)17/h6-7,10,19H,8H2,1-5H3. The third-order valence-corrected chi connectivity index (χ3v) is 4.44. The van der Waals surface area contributed by atoms with Gasteiger partial charge in [-0.2, -0.15) is 13.2 Å². The van der Waals surface area contributed by atoms with Crippen LogP contribution in [0.25, 0.3) is 0 Å². The van der Waals surface area contributed by atoms with E-state index in [2.05, 4.69) is 9.71 Å². The lowest BCUT2D eigenvalue weighted by atomic mass is 10.1. The van der Waals surface area contributed by atoms with E-state index in [4.69, 9.17) is 4.74 Å². The summed E-state index contributed by atoms with van der Waals surface area (Å²) < 4.78 is 55.7. The molecule has 1 N–H and O–H groups in total. The largest absolute Gasteiger partial charge is 0.598 e. The van der Waals surface area contributed by atoms with Crippen molar-refractivity contribution < 1.29 is 22.5 Å². The van der Waals surface area contributed by atoms with Crippen LogP contribution >= 0.6 is 0 Å². The monoisotopic (exact) mass is 338 g/mol. The second kappa shape index (κ2) is 7.06. The molecule has 1 aromatic heterocycles. The van der Waals surface area contributed by atoms with Crippen molar-refractivity contribution in [2.75, 3.05) is 6.61 Å². The lowest BCUT2D eigenvalue weighted by molar-refractivity contribution is -0.153. The molecule has 0 aliphatic heterocycles. The van der Waals surface area contributed by atoms with Crippen molar-refractivity contribution in [3.05, 3.63) is 23.5 Å². The Balaban J connectivity index is 2.76.